The van der Waals surface area contributed by atoms with Gasteiger partial charge in [0.25, 0.3) is 0 Å². The molecule has 152 valence electrons. The molecule has 7 nitrogen and oxygen atoms in total. The third kappa shape index (κ3) is 4.58. The molecule has 0 saturated carbocycles. The van der Waals surface area contributed by atoms with Crippen LogP contribution in [-0.2, 0) is 10.0 Å². The summed E-state index contributed by atoms with van der Waals surface area (Å²) in [6, 6.07) is 12.1. The van der Waals surface area contributed by atoms with Gasteiger partial charge < -0.3 is 9.88 Å². The minimum atomic E-state index is -3.79. The van der Waals surface area contributed by atoms with Crippen LogP contribution in [0.25, 0.3) is 11.0 Å². The molecule has 0 unspecified atom stereocenters. The van der Waals surface area contributed by atoms with E-state index in [1.807, 2.05) is 31.4 Å². The quantitative estimate of drug-likeness (QED) is 0.562. The summed E-state index contributed by atoms with van der Waals surface area (Å²) in [6.45, 7) is 2.36. The number of H-pyrrole nitrogens is 1. The van der Waals surface area contributed by atoms with E-state index in [0.717, 1.165) is 36.0 Å². The number of anilines is 1. The largest absolute Gasteiger partial charge is 0.370 e. The van der Waals surface area contributed by atoms with Gasteiger partial charge in [-0.05, 0) is 30.7 Å². The van der Waals surface area contributed by atoms with E-state index in [1.165, 1.54) is 12.1 Å². The van der Waals surface area contributed by atoms with Gasteiger partial charge in [0.1, 0.15) is 11.7 Å². The second-order valence-corrected chi connectivity index (χ2v) is 8.67. The maximum Gasteiger partial charge on any atom is 0.241 e. The van der Waals surface area contributed by atoms with Gasteiger partial charge in [-0.15, -0.1) is 0 Å². The normalized spacial score (nSPS) is 12.6. The number of nitrogens with one attached hydrogen (secondary N) is 2. The average Bonchev–Trinajstić information content (AvgIpc) is 3.22. The van der Waals surface area contributed by atoms with Gasteiger partial charge in [-0.2, -0.15) is 5.26 Å². The third-order valence-electron chi connectivity index (χ3n) is 5.06. The lowest BCUT2D eigenvalue weighted by Crippen LogP contribution is -2.42. The van der Waals surface area contributed by atoms with Gasteiger partial charge in [0.15, 0.2) is 0 Å². The lowest BCUT2D eigenvalue weighted by atomic mass is 10.1. The first-order valence-corrected chi connectivity index (χ1v) is 11.1. The van der Waals surface area contributed by atoms with Crippen molar-refractivity contribution in [2.75, 3.05) is 18.5 Å². The fourth-order valence-corrected chi connectivity index (χ4v) is 4.63. The number of aromatic nitrogens is 2. The monoisotopic (exact) mass is 411 g/mol. The molecule has 0 aliphatic rings. The summed E-state index contributed by atoms with van der Waals surface area (Å²) in [5, 5.41) is 10.2. The fraction of sp³-hybridized carbons (Fsp3) is 0.333. The fourth-order valence-electron chi connectivity index (χ4n) is 3.40. The van der Waals surface area contributed by atoms with E-state index in [4.69, 9.17) is 0 Å². The van der Waals surface area contributed by atoms with Crippen LogP contribution in [0.1, 0.15) is 31.7 Å². The van der Waals surface area contributed by atoms with Gasteiger partial charge in [0, 0.05) is 43.1 Å². The zero-order chi connectivity index (χ0) is 20.9. The molecule has 0 fully saturated rings. The minimum Gasteiger partial charge on any atom is -0.370 e. The molecule has 0 aliphatic carbocycles. The van der Waals surface area contributed by atoms with E-state index in [2.05, 4.69) is 26.5 Å². The van der Waals surface area contributed by atoms with Crippen LogP contribution >= 0.6 is 0 Å². The van der Waals surface area contributed by atoms with Crippen molar-refractivity contribution >= 4 is 26.7 Å². The van der Waals surface area contributed by atoms with Crippen molar-refractivity contribution in [1.29, 1.82) is 5.26 Å². The molecule has 0 radical (unpaired) electrons. The summed E-state index contributed by atoms with van der Waals surface area (Å²) in [4.78, 5) is 9.55. The van der Waals surface area contributed by atoms with Gasteiger partial charge >= 0.3 is 0 Å². The zero-order valence-electron chi connectivity index (χ0n) is 16.6. The maximum absolute atomic E-state index is 12.8. The summed E-state index contributed by atoms with van der Waals surface area (Å²) < 4.78 is 28.4. The van der Waals surface area contributed by atoms with Crippen molar-refractivity contribution in [3.8, 4) is 6.07 Å². The van der Waals surface area contributed by atoms with Crippen LogP contribution in [0, 0.1) is 11.3 Å². The highest BCUT2D eigenvalue weighted by molar-refractivity contribution is 7.89. The Balaban J connectivity index is 1.84. The predicted octanol–water partition coefficient (Wildman–Crippen LogP) is 3.41. The summed E-state index contributed by atoms with van der Waals surface area (Å²) >= 11 is 0. The van der Waals surface area contributed by atoms with Crippen LogP contribution < -0.4 is 9.62 Å². The smallest absolute Gasteiger partial charge is 0.241 e. The van der Waals surface area contributed by atoms with Crippen LogP contribution in [0.2, 0.25) is 0 Å². The Labute approximate surface area is 171 Å². The number of benzene rings is 1. The molecule has 2 aromatic heterocycles. The Bertz CT molecular complexity index is 1120. The summed E-state index contributed by atoms with van der Waals surface area (Å²) in [5.74, 6) is 0. The highest BCUT2D eigenvalue weighted by Crippen LogP contribution is 2.26. The molecule has 0 spiro atoms. The van der Waals surface area contributed by atoms with Crippen LogP contribution in [0.5, 0.6) is 0 Å². The molecule has 0 saturated heterocycles. The number of hydrogen-bond donors (Lipinski definition) is 2. The van der Waals surface area contributed by atoms with Gasteiger partial charge in [-0.1, -0.05) is 31.9 Å². The molecule has 1 atom stereocenters. The Morgan fingerprint density at radius 1 is 1.28 bits per heavy atom. The number of pyridine rings is 1. The highest BCUT2D eigenvalue weighted by Gasteiger charge is 2.23. The number of nitriles is 1. The molecule has 3 rings (SSSR count). The zero-order valence-corrected chi connectivity index (χ0v) is 17.4. The molecular formula is C21H25N5O2S. The Kier molecular flexibility index (Phi) is 6.52. The molecule has 0 amide bonds. The molecule has 0 aliphatic heterocycles. The number of aromatic amines is 1. The van der Waals surface area contributed by atoms with Gasteiger partial charge in [0.05, 0.1) is 10.5 Å². The minimum absolute atomic E-state index is 0.0105. The molecule has 2 N–H and O–H groups in total. The summed E-state index contributed by atoms with van der Waals surface area (Å²) in [6.07, 6.45) is 6.42. The van der Waals surface area contributed by atoms with Crippen LogP contribution in [0.3, 0.4) is 0 Å². The molecule has 2 heterocycles. The lowest BCUT2D eigenvalue weighted by molar-refractivity contribution is 0.527. The van der Waals surface area contributed by atoms with Crippen molar-refractivity contribution in [1.82, 2.24) is 14.7 Å². The number of unbranched alkanes of at least 4 members (excludes halogenated alkanes) is 1. The molecule has 8 heteroatoms. The van der Waals surface area contributed by atoms with Crippen molar-refractivity contribution < 1.29 is 8.42 Å². The van der Waals surface area contributed by atoms with E-state index in [0.29, 0.717) is 0 Å². The topological polar surface area (TPSA) is 102 Å². The van der Waals surface area contributed by atoms with E-state index in [9.17, 15) is 13.7 Å². The number of hydrogen-bond acceptors (Lipinski definition) is 5. The number of nitrogens with zero attached hydrogens (tertiary/aromatic N) is 3. The van der Waals surface area contributed by atoms with E-state index >= 15 is 0 Å². The molecular weight excluding hydrogens is 386 g/mol. The first-order valence-electron chi connectivity index (χ1n) is 9.61. The maximum atomic E-state index is 12.8. The highest BCUT2D eigenvalue weighted by atomic mass is 32.2. The first kappa shape index (κ1) is 20.8. The summed E-state index contributed by atoms with van der Waals surface area (Å²) in [7, 11) is -1.82. The molecule has 0 bridgehead atoms. The molecule has 1 aromatic carbocycles. The molecule has 3 aromatic rings. The van der Waals surface area contributed by atoms with Crippen molar-refractivity contribution in [2.24, 2.45) is 0 Å². The summed E-state index contributed by atoms with van der Waals surface area (Å²) in [5.41, 5.74) is 1.93. The third-order valence-corrected chi connectivity index (χ3v) is 6.54. The van der Waals surface area contributed by atoms with Gasteiger partial charge in [-0.25, -0.2) is 18.1 Å². The van der Waals surface area contributed by atoms with E-state index in [1.54, 1.807) is 18.3 Å². The number of sulfonamides is 1. The molecule has 29 heavy (non-hydrogen) atoms. The number of fused-ring (bicyclic) bond motifs is 1. The van der Waals surface area contributed by atoms with Crippen molar-refractivity contribution in [3.63, 3.8) is 0 Å². The van der Waals surface area contributed by atoms with Gasteiger partial charge in [0.2, 0.25) is 10.0 Å². The lowest BCUT2D eigenvalue weighted by Gasteiger charge is -2.31. The second-order valence-electron chi connectivity index (χ2n) is 6.94. The Morgan fingerprint density at radius 3 is 2.83 bits per heavy atom. The average molecular weight is 412 g/mol. The Morgan fingerprint density at radius 2 is 2.07 bits per heavy atom. The Hall–Kier alpha value is -2.89. The van der Waals surface area contributed by atoms with Gasteiger partial charge in [-0.3, -0.25) is 0 Å². The number of rotatable bonds is 9. The number of likely N-dealkylation sites (N-methyl/N-ethyl adjacent to an activating group) is 1. The first-order chi connectivity index (χ1) is 14.0. The SMILES string of the molecule is CCCC[C@H](CNS(=O)(=O)c1ccccc1C#N)N(C)c1ccnc2[nH]ccc12. The second kappa shape index (κ2) is 9.07. The van der Waals surface area contributed by atoms with Crippen LogP contribution in [-0.4, -0.2) is 38.0 Å². The van der Waals surface area contributed by atoms with Crippen molar-refractivity contribution in [2.45, 2.75) is 37.1 Å². The van der Waals surface area contributed by atoms with E-state index < -0.39 is 10.0 Å². The predicted molar refractivity (Wildman–Crippen MR) is 114 cm³/mol. The van der Waals surface area contributed by atoms with E-state index in [-0.39, 0.29) is 23.0 Å². The van der Waals surface area contributed by atoms with Crippen LogP contribution in [0.15, 0.2) is 53.7 Å². The standard InChI is InChI=1S/C21H25N5O2S/c1-3-4-8-17(26(2)19-11-13-24-21-18(19)10-12-23-21)15-25-29(27,28)20-9-6-5-7-16(20)14-22/h5-7,9-13,17,25H,3-4,8,15H2,1-2H3,(H,23,24)/t17-/m1/s1. The van der Waals surface area contributed by atoms with Crippen LogP contribution in [0.4, 0.5) is 5.69 Å². The van der Waals surface area contributed by atoms with Crippen molar-refractivity contribution in [3.05, 3.63) is 54.4 Å².